The van der Waals surface area contributed by atoms with Crippen LogP contribution in [0.3, 0.4) is 0 Å². The van der Waals surface area contributed by atoms with Crippen molar-refractivity contribution in [3.05, 3.63) is 23.0 Å². The van der Waals surface area contributed by atoms with E-state index in [1.54, 1.807) is 13.0 Å². The van der Waals surface area contributed by atoms with Crippen LogP contribution in [0.1, 0.15) is 11.1 Å². The summed E-state index contributed by atoms with van der Waals surface area (Å²) in [6.07, 6.45) is 0. The summed E-state index contributed by atoms with van der Waals surface area (Å²) in [7, 11) is 1.48. The third-order valence-electron chi connectivity index (χ3n) is 1.82. The molecule has 12 heavy (non-hydrogen) atoms. The van der Waals surface area contributed by atoms with E-state index < -0.39 is 5.82 Å². The third-order valence-corrected chi connectivity index (χ3v) is 1.82. The fourth-order valence-electron chi connectivity index (χ4n) is 1.25. The van der Waals surface area contributed by atoms with Crippen molar-refractivity contribution in [2.75, 3.05) is 12.8 Å². The van der Waals surface area contributed by atoms with Gasteiger partial charge in [-0.1, -0.05) is 0 Å². The van der Waals surface area contributed by atoms with E-state index in [0.717, 1.165) is 5.56 Å². The first-order chi connectivity index (χ1) is 5.57. The Bertz CT molecular complexity index is 310. The predicted molar refractivity (Wildman–Crippen MR) is 46.8 cm³/mol. The molecule has 66 valence electrons. The molecule has 0 aliphatic carbocycles. The lowest BCUT2D eigenvalue weighted by Crippen LogP contribution is -2.00. The van der Waals surface area contributed by atoms with E-state index in [2.05, 4.69) is 0 Å². The zero-order chi connectivity index (χ0) is 9.30. The van der Waals surface area contributed by atoms with Crippen LogP contribution in [0.2, 0.25) is 0 Å². The summed E-state index contributed by atoms with van der Waals surface area (Å²) < 4.78 is 18.1. The maximum absolute atomic E-state index is 13.2. The number of ether oxygens (including phenoxy) is 1. The van der Waals surface area contributed by atoms with Crippen molar-refractivity contribution in [1.29, 1.82) is 0 Å². The Balaban J connectivity index is 3.40. The molecule has 0 aromatic heterocycles. The van der Waals surface area contributed by atoms with Gasteiger partial charge in [-0.15, -0.1) is 0 Å². The van der Waals surface area contributed by atoms with Crippen molar-refractivity contribution in [3.8, 4) is 5.75 Å². The Labute approximate surface area is 71.1 Å². The van der Waals surface area contributed by atoms with Crippen LogP contribution in [0.4, 0.5) is 10.1 Å². The van der Waals surface area contributed by atoms with Crippen molar-refractivity contribution in [2.45, 2.75) is 13.8 Å². The molecule has 0 aliphatic heterocycles. The van der Waals surface area contributed by atoms with Gasteiger partial charge in [0.15, 0.2) is 5.82 Å². The molecule has 0 unspecified atom stereocenters. The van der Waals surface area contributed by atoms with Crippen LogP contribution in [0, 0.1) is 19.7 Å². The molecule has 0 bridgehead atoms. The predicted octanol–water partition coefficient (Wildman–Crippen LogP) is 2.03. The highest BCUT2D eigenvalue weighted by Gasteiger charge is 2.11. The molecule has 0 radical (unpaired) electrons. The standard InChI is InChI=1S/C9H12FNO/c1-5-4-6(2)9(12-3)8(11)7(5)10/h4H,11H2,1-3H3. The summed E-state index contributed by atoms with van der Waals surface area (Å²) >= 11 is 0. The minimum atomic E-state index is -0.391. The zero-order valence-corrected chi connectivity index (χ0v) is 7.44. The van der Waals surface area contributed by atoms with Crippen molar-refractivity contribution in [1.82, 2.24) is 0 Å². The summed E-state index contributed by atoms with van der Waals surface area (Å²) in [5.41, 5.74) is 6.99. The quantitative estimate of drug-likeness (QED) is 0.653. The molecule has 1 aromatic rings. The monoisotopic (exact) mass is 169 g/mol. The number of hydrogen-bond donors (Lipinski definition) is 1. The molecule has 0 saturated carbocycles. The van der Waals surface area contributed by atoms with Gasteiger partial charge in [0.2, 0.25) is 0 Å². The Hall–Kier alpha value is -1.25. The average molecular weight is 169 g/mol. The third kappa shape index (κ3) is 1.22. The second-order valence-corrected chi connectivity index (χ2v) is 2.77. The highest BCUT2D eigenvalue weighted by atomic mass is 19.1. The Morgan fingerprint density at radius 1 is 1.33 bits per heavy atom. The minimum absolute atomic E-state index is 0.0926. The number of nitrogens with two attached hydrogens (primary N) is 1. The van der Waals surface area contributed by atoms with Crippen LogP contribution in [-0.2, 0) is 0 Å². The van der Waals surface area contributed by atoms with Crippen molar-refractivity contribution in [3.63, 3.8) is 0 Å². The fourth-order valence-corrected chi connectivity index (χ4v) is 1.25. The highest BCUT2D eigenvalue weighted by molar-refractivity contribution is 5.59. The van der Waals surface area contributed by atoms with Crippen LogP contribution >= 0.6 is 0 Å². The summed E-state index contributed by atoms with van der Waals surface area (Å²) in [6.45, 7) is 3.51. The molecule has 1 rings (SSSR count). The van der Waals surface area contributed by atoms with Gasteiger partial charge in [-0.05, 0) is 31.0 Å². The van der Waals surface area contributed by atoms with Crippen molar-refractivity contribution in [2.24, 2.45) is 0 Å². The van der Waals surface area contributed by atoms with Crippen LogP contribution in [-0.4, -0.2) is 7.11 Å². The highest BCUT2D eigenvalue weighted by Crippen LogP contribution is 2.30. The second kappa shape index (κ2) is 3.01. The molecule has 0 saturated heterocycles. The molecule has 0 fully saturated rings. The van der Waals surface area contributed by atoms with E-state index in [-0.39, 0.29) is 5.69 Å². The number of anilines is 1. The molecular formula is C9H12FNO. The Morgan fingerprint density at radius 2 is 1.92 bits per heavy atom. The first-order valence-corrected chi connectivity index (χ1v) is 3.67. The lowest BCUT2D eigenvalue weighted by Gasteiger charge is -2.10. The molecule has 0 spiro atoms. The average Bonchev–Trinajstić information content (AvgIpc) is 2.01. The van der Waals surface area contributed by atoms with E-state index in [1.807, 2.05) is 6.92 Å². The minimum Gasteiger partial charge on any atom is -0.494 e. The van der Waals surface area contributed by atoms with Crippen LogP contribution in [0.5, 0.6) is 5.75 Å². The van der Waals surface area contributed by atoms with E-state index >= 15 is 0 Å². The van der Waals surface area contributed by atoms with E-state index in [0.29, 0.717) is 11.3 Å². The van der Waals surface area contributed by atoms with Gasteiger partial charge in [0, 0.05) is 0 Å². The summed E-state index contributed by atoms with van der Waals surface area (Å²) in [4.78, 5) is 0. The Kier molecular flexibility index (Phi) is 2.22. The normalized spacial score (nSPS) is 10.0. The van der Waals surface area contributed by atoms with E-state index in [9.17, 15) is 4.39 Å². The van der Waals surface area contributed by atoms with Gasteiger partial charge in [-0.2, -0.15) is 0 Å². The zero-order valence-electron chi connectivity index (χ0n) is 7.44. The SMILES string of the molecule is COc1c(C)cc(C)c(F)c1N. The van der Waals surface area contributed by atoms with Gasteiger partial charge < -0.3 is 10.5 Å². The van der Waals surface area contributed by atoms with Gasteiger partial charge in [0.25, 0.3) is 0 Å². The number of hydrogen-bond acceptors (Lipinski definition) is 2. The molecule has 2 nitrogen and oxygen atoms in total. The van der Waals surface area contributed by atoms with Crippen LogP contribution in [0.25, 0.3) is 0 Å². The first-order valence-electron chi connectivity index (χ1n) is 3.67. The van der Waals surface area contributed by atoms with Crippen LogP contribution < -0.4 is 10.5 Å². The molecule has 2 N–H and O–H groups in total. The molecule has 0 amide bonds. The largest absolute Gasteiger partial charge is 0.494 e. The molecular weight excluding hydrogens is 157 g/mol. The summed E-state index contributed by atoms with van der Waals surface area (Å²) in [5.74, 6) is 0.0375. The number of halogens is 1. The molecule has 0 atom stereocenters. The number of rotatable bonds is 1. The molecule has 3 heteroatoms. The van der Waals surface area contributed by atoms with E-state index in [4.69, 9.17) is 10.5 Å². The van der Waals surface area contributed by atoms with Crippen molar-refractivity contribution >= 4 is 5.69 Å². The number of aryl methyl sites for hydroxylation is 2. The van der Waals surface area contributed by atoms with Crippen molar-refractivity contribution < 1.29 is 9.13 Å². The molecule has 0 aliphatic rings. The maximum atomic E-state index is 13.2. The van der Waals surface area contributed by atoms with Gasteiger partial charge >= 0.3 is 0 Å². The van der Waals surface area contributed by atoms with Gasteiger partial charge in [-0.3, -0.25) is 0 Å². The van der Waals surface area contributed by atoms with Crippen LogP contribution in [0.15, 0.2) is 6.07 Å². The fraction of sp³-hybridized carbons (Fsp3) is 0.333. The first kappa shape index (κ1) is 8.84. The summed E-state index contributed by atoms with van der Waals surface area (Å²) in [6, 6.07) is 1.71. The lowest BCUT2D eigenvalue weighted by atomic mass is 10.1. The number of benzene rings is 1. The Morgan fingerprint density at radius 3 is 2.42 bits per heavy atom. The smallest absolute Gasteiger partial charge is 0.152 e. The molecule has 0 heterocycles. The van der Waals surface area contributed by atoms with Gasteiger partial charge in [0.05, 0.1) is 7.11 Å². The van der Waals surface area contributed by atoms with Gasteiger partial charge in [0.1, 0.15) is 11.4 Å². The van der Waals surface area contributed by atoms with E-state index in [1.165, 1.54) is 7.11 Å². The second-order valence-electron chi connectivity index (χ2n) is 2.77. The lowest BCUT2D eigenvalue weighted by molar-refractivity contribution is 0.410. The maximum Gasteiger partial charge on any atom is 0.152 e. The number of methoxy groups -OCH3 is 1. The number of nitrogen functional groups attached to an aromatic ring is 1. The molecule has 1 aromatic carbocycles. The topological polar surface area (TPSA) is 35.2 Å². The van der Waals surface area contributed by atoms with Gasteiger partial charge in [-0.25, -0.2) is 4.39 Å². The summed E-state index contributed by atoms with van der Waals surface area (Å²) in [5, 5.41) is 0.